The Hall–Kier alpha value is -1.61. The summed E-state index contributed by atoms with van der Waals surface area (Å²) >= 11 is 0. The maximum absolute atomic E-state index is 12.6. The van der Waals surface area contributed by atoms with Crippen LogP contribution < -0.4 is 0 Å². The minimum absolute atomic E-state index is 0.271. The zero-order chi connectivity index (χ0) is 14.3. The van der Waals surface area contributed by atoms with Gasteiger partial charge in [-0.15, -0.1) is 0 Å². The zero-order valence-corrected chi connectivity index (χ0v) is 10.3. The second-order valence-corrected chi connectivity index (χ2v) is 5.77. The number of nitro groups is 1. The molecule has 104 valence electrons. The number of hydrogen-bond acceptors (Lipinski definition) is 5. The van der Waals surface area contributed by atoms with Crippen molar-refractivity contribution in [2.75, 3.05) is 6.61 Å². The van der Waals surface area contributed by atoms with Gasteiger partial charge in [0.15, 0.2) is 0 Å². The molecule has 0 spiro atoms. The highest BCUT2D eigenvalue weighted by Crippen LogP contribution is 2.48. The van der Waals surface area contributed by atoms with Gasteiger partial charge in [-0.1, -0.05) is 0 Å². The molecule has 1 atom stereocenters. The largest absolute Gasteiger partial charge is 0.296 e. The van der Waals surface area contributed by atoms with E-state index in [0.29, 0.717) is 0 Å². The number of hydrogen-bond donors (Lipinski definition) is 0. The highest BCUT2D eigenvalue weighted by atomic mass is 32.2. The monoisotopic (exact) mass is 293 g/mol. The molecule has 1 saturated carbocycles. The minimum Gasteiger partial charge on any atom is -0.266 e. The van der Waals surface area contributed by atoms with Gasteiger partial charge in [-0.2, -0.15) is 8.42 Å². The molecule has 0 saturated heterocycles. The lowest BCUT2D eigenvalue weighted by atomic mass is 10.3. The van der Waals surface area contributed by atoms with Crippen molar-refractivity contribution in [3.8, 4) is 0 Å². The van der Waals surface area contributed by atoms with Crippen LogP contribution in [0.1, 0.15) is 6.42 Å². The molecule has 6 nitrogen and oxygen atoms in total. The van der Waals surface area contributed by atoms with Crippen molar-refractivity contribution >= 4 is 15.8 Å². The lowest BCUT2D eigenvalue weighted by molar-refractivity contribution is -0.384. The van der Waals surface area contributed by atoms with Gasteiger partial charge in [-0.3, -0.25) is 14.3 Å². The van der Waals surface area contributed by atoms with Crippen molar-refractivity contribution < 1.29 is 26.3 Å². The second-order valence-electron chi connectivity index (χ2n) is 4.15. The van der Waals surface area contributed by atoms with Crippen LogP contribution in [0.5, 0.6) is 0 Å². The first-order valence-electron chi connectivity index (χ1n) is 5.24. The summed E-state index contributed by atoms with van der Waals surface area (Å²) in [7, 11) is -4.16. The summed E-state index contributed by atoms with van der Waals surface area (Å²) in [6.45, 7) is -0.591. The molecule has 1 aliphatic rings. The first-order chi connectivity index (χ1) is 8.72. The number of halogens is 2. The summed E-state index contributed by atoms with van der Waals surface area (Å²) in [5.74, 6) is -3.94. The Labute approximate surface area is 107 Å². The van der Waals surface area contributed by atoms with Crippen molar-refractivity contribution in [3.05, 3.63) is 34.4 Å². The number of nitrogens with zero attached hydrogens (tertiary/aromatic N) is 1. The maximum atomic E-state index is 12.6. The van der Waals surface area contributed by atoms with E-state index in [0.717, 1.165) is 24.3 Å². The third kappa shape index (κ3) is 3.04. The van der Waals surface area contributed by atoms with Crippen LogP contribution in [0, 0.1) is 16.0 Å². The van der Waals surface area contributed by atoms with Crippen molar-refractivity contribution in [1.82, 2.24) is 0 Å². The molecule has 0 amide bonds. The predicted molar refractivity (Wildman–Crippen MR) is 59.3 cm³/mol. The zero-order valence-electron chi connectivity index (χ0n) is 9.45. The summed E-state index contributed by atoms with van der Waals surface area (Å²) < 4.78 is 52.9. The van der Waals surface area contributed by atoms with E-state index in [1.54, 1.807) is 0 Å². The Bertz CT molecular complexity index is 599. The molecule has 1 aromatic carbocycles. The Morgan fingerprint density at radius 2 is 1.89 bits per heavy atom. The van der Waals surface area contributed by atoms with E-state index in [2.05, 4.69) is 4.18 Å². The SMILES string of the molecule is O=[N+]([O-])c1ccc(S(=O)(=O)OCC2CC2(F)F)cc1. The van der Waals surface area contributed by atoms with E-state index in [1.165, 1.54) is 0 Å². The fourth-order valence-electron chi connectivity index (χ4n) is 1.42. The van der Waals surface area contributed by atoms with E-state index >= 15 is 0 Å². The lowest BCUT2D eigenvalue weighted by Crippen LogP contribution is -2.11. The van der Waals surface area contributed by atoms with E-state index in [-0.39, 0.29) is 17.0 Å². The van der Waals surface area contributed by atoms with Gasteiger partial charge in [-0.05, 0) is 12.1 Å². The van der Waals surface area contributed by atoms with Gasteiger partial charge in [-0.25, -0.2) is 8.78 Å². The molecule has 1 aliphatic carbocycles. The minimum atomic E-state index is -4.16. The quantitative estimate of drug-likeness (QED) is 0.470. The van der Waals surface area contributed by atoms with Crippen molar-refractivity contribution in [1.29, 1.82) is 0 Å². The number of rotatable bonds is 5. The molecule has 19 heavy (non-hydrogen) atoms. The van der Waals surface area contributed by atoms with Gasteiger partial charge >= 0.3 is 0 Å². The smallest absolute Gasteiger partial charge is 0.266 e. The Balaban J connectivity index is 2.05. The molecule has 0 bridgehead atoms. The fraction of sp³-hybridized carbons (Fsp3) is 0.400. The Kier molecular flexibility index (Phi) is 3.27. The van der Waals surface area contributed by atoms with Crippen LogP contribution in [-0.2, 0) is 14.3 Å². The van der Waals surface area contributed by atoms with Crippen LogP contribution in [-0.4, -0.2) is 25.9 Å². The van der Waals surface area contributed by atoms with Crippen LogP contribution in [0.2, 0.25) is 0 Å². The Morgan fingerprint density at radius 3 is 2.32 bits per heavy atom. The molecule has 9 heteroatoms. The second kappa shape index (κ2) is 4.49. The number of alkyl halides is 2. The van der Waals surface area contributed by atoms with E-state index in [1.807, 2.05) is 0 Å². The van der Waals surface area contributed by atoms with Gasteiger partial charge in [0.05, 0.1) is 22.3 Å². The molecular formula is C10H9F2NO5S. The van der Waals surface area contributed by atoms with Crippen LogP contribution in [0.3, 0.4) is 0 Å². The van der Waals surface area contributed by atoms with E-state index in [4.69, 9.17) is 0 Å². The summed E-state index contributed by atoms with van der Waals surface area (Å²) in [5, 5.41) is 10.4. The lowest BCUT2D eigenvalue weighted by Gasteiger charge is -2.04. The predicted octanol–water partition coefficient (Wildman–Crippen LogP) is 1.96. The van der Waals surface area contributed by atoms with Gasteiger partial charge in [0.1, 0.15) is 0 Å². The topological polar surface area (TPSA) is 86.5 Å². The fourth-order valence-corrected chi connectivity index (χ4v) is 2.37. The molecule has 0 aromatic heterocycles. The third-order valence-electron chi connectivity index (χ3n) is 2.72. The average molecular weight is 293 g/mol. The molecule has 0 N–H and O–H groups in total. The van der Waals surface area contributed by atoms with Gasteiger partial charge in [0.2, 0.25) is 0 Å². The summed E-state index contributed by atoms with van der Waals surface area (Å²) in [4.78, 5) is 9.42. The number of nitro benzene ring substituents is 1. The molecule has 0 aliphatic heterocycles. The Morgan fingerprint density at radius 1 is 1.37 bits per heavy atom. The van der Waals surface area contributed by atoms with Crippen LogP contribution in [0.4, 0.5) is 14.5 Å². The molecule has 1 unspecified atom stereocenters. The highest BCUT2D eigenvalue weighted by molar-refractivity contribution is 7.86. The maximum Gasteiger partial charge on any atom is 0.296 e. The molecule has 1 aromatic rings. The van der Waals surface area contributed by atoms with Gasteiger partial charge in [0, 0.05) is 18.6 Å². The van der Waals surface area contributed by atoms with Crippen molar-refractivity contribution in [2.45, 2.75) is 17.2 Å². The van der Waals surface area contributed by atoms with E-state index < -0.39 is 33.5 Å². The summed E-state index contributed by atoms with van der Waals surface area (Å²) in [5.41, 5.74) is -0.271. The average Bonchev–Trinajstić information content (AvgIpc) is 2.95. The highest BCUT2D eigenvalue weighted by Gasteiger charge is 2.57. The van der Waals surface area contributed by atoms with Crippen molar-refractivity contribution in [2.24, 2.45) is 5.92 Å². The molecule has 1 fully saturated rings. The number of benzene rings is 1. The molecule has 2 rings (SSSR count). The van der Waals surface area contributed by atoms with Crippen LogP contribution in [0.15, 0.2) is 29.2 Å². The van der Waals surface area contributed by atoms with Crippen LogP contribution in [0.25, 0.3) is 0 Å². The van der Waals surface area contributed by atoms with Crippen LogP contribution >= 0.6 is 0 Å². The number of non-ortho nitro benzene ring substituents is 1. The normalized spacial score (nSPS) is 21.1. The standard InChI is InChI=1S/C10H9F2NO5S/c11-10(12)5-7(10)6-18-19(16,17)9-3-1-8(2-4-9)13(14)15/h1-4,7H,5-6H2. The van der Waals surface area contributed by atoms with Crippen molar-refractivity contribution in [3.63, 3.8) is 0 Å². The first-order valence-corrected chi connectivity index (χ1v) is 6.65. The summed E-state index contributed by atoms with van der Waals surface area (Å²) in [6.07, 6.45) is -0.386. The third-order valence-corrected chi connectivity index (χ3v) is 4.01. The molecule has 0 heterocycles. The summed E-state index contributed by atoms with van der Waals surface area (Å²) in [6, 6.07) is 4.00. The van der Waals surface area contributed by atoms with Gasteiger partial charge in [0.25, 0.3) is 21.7 Å². The first kappa shape index (κ1) is 13.8. The van der Waals surface area contributed by atoms with E-state index in [9.17, 15) is 27.3 Å². The van der Waals surface area contributed by atoms with Gasteiger partial charge < -0.3 is 0 Å². The molecular weight excluding hydrogens is 284 g/mol. The molecule has 0 radical (unpaired) electrons.